The molecule has 1 aromatic rings. The fourth-order valence-corrected chi connectivity index (χ4v) is 3.41. The Morgan fingerprint density at radius 1 is 1.47 bits per heavy atom. The molecular weight excluding hydrogens is 210 g/mol. The van der Waals surface area contributed by atoms with Crippen LogP contribution in [0.25, 0.3) is 0 Å². The highest BCUT2D eigenvalue weighted by atomic mass is 15.2. The van der Waals surface area contributed by atoms with Crippen LogP contribution in [-0.4, -0.2) is 16.8 Å². The summed E-state index contributed by atoms with van der Waals surface area (Å²) in [5.74, 6) is 1.66. The van der Waals surface area contributed by atoms with E-state index in [1.807, 2.05) is 17.9 Å². The van der Waals surface area contributed by atoms with Gasteiger partial charge in [-0.25, -0.2) is 0 Å². The van der Waals surface area contributed by atoms with Crippen LogP contribution >= 0.6 is 0 Å². The van der Waals surface area contributed by atoms with E-state index in [9.17, 15) is 0 Å². The van der Waals surface area contributed by atoms with Crippen LogP contribution in [0.2, 0.25) is 0 Å². The summed E-state index contributed by atoms with van der Waals surface area (Å²) in [6, 6.07) is 0.481. The van der Waals surface area contributed by atoms with Crippen LogP contribution in [0.3, 0.4) is 0 Å². The van der Waals surface area contributed by atoms with Crippen LogP contribution in [0.4, 0.5) is 0 Å². The van der Waals surface area contributed by atoms with Crippen LogP contribution in [0.15, 0.2) is 12.4 Å². The SMILES string of the molecule is CCC1CCCCC1C(NC)c1cnn(C)c1. The summed E-state index contributed by atoms with van der Waals surface area (Å²) < 4.78 is 1.91. The molecule has 0 bridgehead atoms. The van der Waals surface area contributed by atoms with Crippen LogP contribution in [-0.2, 0) is 7.05 Å². The maximum atomic E-state index is 4.31. The van der Waals surface area contributed by atoms with E-state index in [0.29, 0.717) is 6.04 Å². The maximum Gasteiger partial charge on any atom is 0.0537 e. The zero-order valence-electron chi connectivity index (χ0n) is 11.3. The predicted octanol–water partition coefficient (Wildman–Crippen LogP) is 2.90. The van der Waals surface area contributed by atoms with Crippen molar-refractivity contribution in [2.24, 2.45) is 18.9 Å². The first-order chi connectivity index (χ1) is 8.26. The molecule has 0 aliphatic heterocycles. The maximum absolute atomic E-state index is 4.31. The van der Waals surface area contributed by atoms with E-state index in [4.69, 9.17) is 0 Å². The Bertz CT molecular complexity index is 345. The van der Waals surface area contributed by atoms with Crippen molar-refractivity contribution in [1.82, 2.24) is 15.1 Å². The van der Waals surface area contributed by atoms with Crippen LogP contribution < -0.4 is 5.32 Å². The summed E-state index contributed by atoms with van der Waals surface area (Å²) in [7, 11) is 4.08. The molecule has 1 N–H and O–H groups in total. The van der Waals surface area contributed by atoms with E-state index >= 15 is 0 Å². The van der Waals surface area contributed by atoms with Crippen LogP contribution in [0, 0.1) is 11.8 Å². The summed E-state index contributed by atoms with van der Waals surface area (Å²) in [5, 5.41) is 7.82. The van der Waals surface area contributed by atoms with Gasteiger partial charge >= 0.3 is 0 Å². The molecule has 1 aliphatic carbocycles. The monoisotopic (exact) mass is 235 g/mol. The largest absolute Gasteiger partial charge is 0.313 e. The average Bonchev–Trinajstić information content (AvgIpc) is 2.77. The van der Waals surface area contributed by atoms with Crippen LogP contribution in [0.1, 0.15) is 50.6 Å². The molecule has 1 aromatic heterocycles. The Balaban J connectivity index is 2.16. The van der Waals surface area contributed by atoms with E-state index in [0.717, 1.165) is 11.8 Å². The third-order valence-electron chi connectivity index (χ3n) is 4.32. The Morgan fingerprint density at radius 2 is 2.24 bits per heavy atom. The summed E-state index contributed by atoms with van der Waals surface area (Å²) in [6.07, 6.45) is 11.0. The molecule has 1 saturated carbocycles. The lowest BCUT2D eigenvalue weighted by atomic mass is 9.73. The van der Waals surface area contributed by atoms with Crippen molar-refractivity contribution in [3.63, 3.8) is 0 Å². The standard InChI is InChI=1S/C14H25N3/c1-4-11-7-5-6-8-13(11)14(15-2)12-9-16-17(3)10-12/h9-11,13-15H,4-8H2,1-3H3. The number of nitrogens with one attached hydrogen (secondary N) is 1. The number of aryl methyl sites for hydroxylation is 1. The van der Waals surface area contributed by atoms with Gasteiger partial charge in [-0.1, -0.05) is 32.6 Å². The zero-order valence-corrected chi connectivity index (χ0v) is 11.3. The minimum Gasteiger partial charge on any atom is -0.313 e. The quantitative estimate of drug-likeness (QED) is 0.869. The molecule has 1 heterocycles. The molecule has 96 valence electrons. The van der Waals surface area contributed by atoms with E-state index in [2.05, 4.69) is 30.6 Å². The minimum atomic E-state index is 0.481. The summed E-state index contributed by atoms with van der Waals surface area (Å²) in [5.41, 5.74) is 1.35. The summed E-state index contributed by atoms with van der Waals surface area (Å²) in [6.45, 7) is 2.33. The Morgan fingerprint density at radius 3 is 2.82 bits per heavy atom. The van der Waals surface area contributed by atoms with Gasteiger partial charge in [0.05, 0.1) is 6.20 Å². The zero-order chi connectivity index (χ0) is 12.3. The van der Waals surface area contributed by atoms with Gasteiger partial charge in [-0.05, 0) is 25.3 Å². The number of rotatable bonds is 4. The molecule has 2 rings (SSSR count). The van der Waals surface area contributed by atoms with Crippen LogP contribution in [0.5, 0.6) is 0 Å². The Kier molecular flexibility index (Phi) is 4.21. The molecular formula is C14H25N3. The molecule has 0 amide bonds. The molecule has 17 heavy (non-hydrogen) atoms. The smallest absolute Gasteiger partial charge is 0.0537 e. The highest BCUT2D eigenvalue weighted by Crippen LogP contribution is 2.39. The Hall–Kier alpha value is -0.830. The van der Waals surface area contributed by atoms with Gasteiger partial charge < -0.3 is 5.32 Å². The normalized spacial score (nSPS) is 27.0. The fourth-order valence-electron chi connectivity index (χ4n) is 3.41. The van der Waals surface area contributed by atoms with Crippen molar-refractivity contribution in [3.8, 4) is 0 Å². The van der Waals surface area contributed by atoms with Gasteiger partial charge in [0.2, 0.25) is 0 Å². The number of hydrogen-bond acceptors (Lipinski definition) is 2. The van der Waals surface area contributed by atoms with Crippen molar-refractivity contribution in [2.45, 2.75) is 45.1 Å². The molecule has 0 aromatic carbocycles. The molecule has 3 unspecified atom stereocenters. The van der Waals surface area contributed by atoms with Gasteiger partial charge in [-0.2, -0.15) is 5.10 Å². The van der Waals surface area contributed by atoms with Gasteiger partial charge in [0.1, 0.15) is 0 Å². The lowest BCUT2D eigenvalue weighted by Crippen LogP contribution is -2.32. The number of nitrogens with zero attached hydrogens (tertiary/aromatic N) is 2. The van der Waals surface area contributed by atoms with Crippen molar-refractivity contribution < 1.29 is 0 Å². The molecule has 1 fully saturated rings. The van der Waals surface area contributed by atoms with Crippen molar-refractivity contribution in [1.29, 1.82) is 0 Å². The highest BCUT2D eigenvalue weighted by molar-refractivity contribution is 5.12. The number of aromatic nitrogens is 2. The molecule has 0 saturated heterocycles. The van der Waals surface area contributed by atoms with Gasteiger partial charge in [0.25, 0.3) is 0 Å². The molecule has 3 atom stereocenters. The first-order valence-electron chi connectivity index (χ1n) is 6.92. The fraction of sp³-hybridized carbons (Fsp3) is 0.786. The second kappa shape index (κ2) is 5.67. The third-order valence-corrected chi connectivity index (χ3v) is 4.32. The second-order valence-electron chi connectivity index (χ2n) is 5.33. The third kappa shape index (κ3) is 2.71. The van der Waals surface area contributed by atoms with E-state index < -0.39 is 0 Å². The number of hydrogen-bond donors (Lipinski definition) is 1. The lowest BCUT2D eigenvalue weighted by Gasteiger charge is -2.36. The van der Waals surface area contributed by atoms with E-state index in [1.165, 1.54) is 37.7 Å². The summed E-state index contributed by atoms with van der Waals surface area (Å²) in [4.78, 5) is 0. The molecule has 1 aliphatic rings. The van der Waals surface area contributed by atoms with Gasteiger partial charge in [-0.15, -0.1) is 0 Å². The average molecular weight is 235 g/mol. The van der Waals surface area contributed by atoms with Gasteiger partial charge in [-0.3, -0.25) is 4.68 Å². The second-order valence-corrected chi connectivity index (χ2v) is 5.33. The first kappa shape index (κ1) is 12.6. The van der Waals surface area contributed by atoms with E-state index in [-0.39, 0.29) is 0 Å². The van der Waals surface area contributed by atoms with Gasteiger partial charge in [0.15, 0.2) is 0 Å². The van der Waals surface area contributed by atoms with Gasteiger partial charge in [0, 0.05) is 24.8 Å². The molecule has 0 radical (unpaired) electrons. The van der Waals surface area contributed by atoms with Crippen molar-refractivity contribution in [2.75, 3.05) is 7.05 Å². The predicted molar refractivity (Wildman–Crippen MR) is 70.7 cm³/mol. The summed E-state index contributed by atoms with van der Waals surface area (Å²) >= 11 is 0. The lowest BCUT2D eigenvalue weighted by molar-refractivity contribution is 0.180. The van der Waals surface area contributed by atoms with Crippen molar-refractivity contribution >= 4 is 0 Å². The molecule has 3 heteroatoms. The Labute approximate surface area is 105 Å². The minimum absolute atomic E-state index is 0.481. The van der Waals surface area contributed by atoms with E-state index in [1.54, 1.807) is 0 Å². The topological polar surface area (TPSA) is 29.9 Å². The first-order valence-corrected chi connectivity index (χ1v) is 6.92. The highest BCUT2D eigenvalue weighted by Gasteiger charge is 2.31. The molecule has 3 nitrogen and oxygen atoms in total. The van der Waals surface area contributed by atoms with Crippen molar-refractivity contribution in [3.05, 3.63) is 18.0 Å². The molecule has 0 spiro atoms.